The number of thiocarbonyl (C=S) groups is 1. The van der Waals surface area contributed by atoms with Crippen LogP contribution in [0.2, 0.25) is 0 Å². The van der Waals surface area contributed by atoms with Gasteiger partial charge in [0.2, 0.25) is 5.91 Å². The zero-order valence-electron chi connectivity index (χ0n) is 23.6. The van der Waals surface area contributed by atoms with Gasteiger partial charge in [-0.15, -0.1) is 0 Å². The lowest BCUT2D eigenvalue weighted by Crippen LogP contribution is -2.38. The van der Waals surface area contributed by atoms with Gasteiger partial charge >= 0.3 is 11.9 Å². The molecule has 1 aliphatic rings. The topological polar surface area (TPSA) is 105 Å². The number of nitrogens with one attached hydrogen (secondary N) is 1. The van der Waals surface area contributed by atoms with Gasteiger partial charge in [-0.2, -0.15) is 0 Å². The predicted molar refractivity (Wildman–Crippen MR) is 163 cm³/mol. The smallest absolute Gasteiger partial charge is 0.338 e. The van der Waals surface area contributed by atoms with Crippen molar-refractivity contribution < 1.29 is 28.7 Å². The molecular formula is C32H33N3O6S. The molecule has 0 aliphatic carbocycles. The fourth-order valence-corrected chi connectivity index (χ4v) is 5.09. The van der Waals surface area contributed by atoms with E-state index in [-0.39, 0.29) is 31.4 Å². The van der Waals surface area contributed by atoms with Crippen molar-refractivity contribution in [2.45, 2.75) is 39.2 Å². The molecule has 218 valence electrons. The molecule has 10 heteroatoms. The Morgan fingerprint density at radius 1 is 0.833 bits per heavy atom. The van der Waals surface area contributed by atoms with Crippen molar-refractivity contribution in [1.82, 2.24) is 4.90 Å². The molecule has 3 aromatic rings. The molecule has 1 N–H and O–H groups in total. The molecule has 1 atom stereocenters. The average Bonchev–Trinajstić information content (AvgIpc) is 3.22. The molecule has 0 spiro atoms. The SMILES string of the molecule is CCOC(=O)c1ccc(NC(=O)CC2C(=O)N(c3ccc(C(=O)OCC)cc3)C(=S)N2CCCc2ccccc2)cc1. The van der Waals surface area contributed by atoms with Crippen LogP contribution in [0.1, 0.15) is 53.0 Å². The van der Waals surface area contributed by atoms with E-state index >= 15 is 0 Å². The van der Waals surface area contributed by atoms with E-state index < -0.39 is 18.0 Å². The van der Waals surface area contributed by atoms with Crippen LogP contribution >= 0.6 is 12.2 Å². The van der Waals surface area contributed by atoms with Gasteiger partial charge in [0.05, 0.1) is 36.4 Å². The number of anilines is 2. The monoisotopic (exact) mass is 587 g/mol. The van der Waals surface area contributed by atoms with E-state index in [0.29, 0.717) is 34.2 Å². The summed E-state index contributed by atoms with van der Waals surface area (Å²) in [6, 6.07) is 22.0. The number of aryl methyl sites for hydroxylation is 1. The highest BCUT2D eigenvalue weighted by Gasteiger charge is 2.43. The van der Waals surface area contributed by atoms with Crippen LogP contribution in [0.4, 0.5) is 11.4 Å². The zero-order chi connectivity index (χ0) is 30.1. The quantitative estimate of drug-likeness (QED) is 0.233. The fourth-order valence-electron chi connectivity index (χ4n) is 4.68. The molecule has 1 heterocycles. The van der Waals surface area contributed by atoms with Crippen LogP contribution in [-0.2, 0) is 25.5 Å². The van der Waals surface area contributed by atoms with Gasteiger partial charge in [-0.25, -0.2) is 9.59 Å². The van der Waals surface area contributed by atoms with E-state index in [0.717, 1.165) is 12.8 Å². The first kappa shape index (κ1) is 30.4. The Labute approximate surface area is 250 Å². The summed E-state index contributed by atoms with van der Waals surface area (Å²) in [4.78, 5) is 54.1. The van der Waals surface area contributed by atoms with Crippen molar-refractivity contribution in [2.24, 2.45) is 0 Å². The average molecular weight is 588 g/mol. The van der Waals surface area contributed by atoms with E-state index in [1.165, 1.54) is 10.5 Å². The zero-order valence-corrected chi connectivity index (χ0v) is 24.4. The number of ether oxygens (including phenoxy) is 2. The first-order valence-corrected chi connectivity index (χ1v) is 14.3. The highest BCUT2D eigenvalue weighted by Crippen LogP contribution is 2.28. The molecule has 0 bridgehead atoms. The lowest BCUT2D eigenvalue weighted by Gasteiger charge is -2.24. The number of benzene rings is 3. The molecule has 1 fully saturated rings. The molecule has 0 aromatic heterocycles. The van der Waals surface area contributed by atoms with E-state index in [2.05, 4.69) is 5.32 Å². The van der Waals surface area contributed by atoms with Crippen LogP contribution in [-0.4, -0.2) is 59.6 Å². The van der Waals surface area contributed by atoms with E-state index in [4.69, 9.17) is 21.7 Å². The van der Waals surface area contributed by atoms with Gasteiger partial charge in [0.25, 0.3) is 5.91 Å². The molecule has 9 nitrogen and oxygen atoms in total. The molecular weight excluding hydrogens is 554 g/mol. The molecule has 1 unspecified atom stereocenters. The van der Waals surface area contributed by atoms with Crippen LogP contribution < -0.4 is 10.2 Å². The van der Waals surface area contributed by atoms with Crippen LogP contribution in [0.15, 0.2) is 78.9 Å². The molecule has 0 radical (unpaired) electrons. The number of carbonyl (C=O) groups is 4. The standard InChI is InChI=1S/C32H33N3O6S/c1-3-40-30(38)23-12-16-25(17-13-23)33-28(36)21-27-29(37)35(26-18-14-24(15-19-26)31(39)41-4-2)32(42)34(27)20-8-11-22-9-6-5-7-10-22/h5-7,9-10,12-19,27H,3-4,8,11,20-21H2,1-2H3,(H,33,36). The lowest BCUT2D eigenvalue weighted by atomic mass is 10.1. The van der Waals surface area contributed by atoms with Gasteiger partial charge in [-0.05, 0) is 93.0 Å². The van der Waals surface area contributed by atoms with Crippen molar-refractivity contribution in [3.8, 4) is 0 Å². The van der Waals surface area contributed by atoms with Crippen LogP contribution in [0.3, 0.4) is 0 Å². The van der Waals surface area contributed by atoms with E-state index in [9.17, 15) is 19.2 Å². The second kappa shape index (κ2) is 14.4. The summed E-state index contributed by atoms with van der Waals surface area (Å²) in [5, 5.41) is 3.11. The van der Waals surface area contributed by atoms with Crippen molar-refractivity contribution in [3.63, 3.8) is 0 Å². The second-order valence-corrected chi connectivity index (χ2v) is 9.94. The molecule has 2 amide bonds. The molecule has 42 heavy (non-hydrogen) atoms. The summed E-state index contributed by atoms with van der Waals surface area (Å²) >= 11 is 5.76. The third-order valence-corrected chi connectivity index (χ3v) is 7.14. The summed E-state index contributed by atoms with van der Waals surface area (Å²) in [6.45, 7) is 4.46. The summed E-state index contributed by atoms with van der Waals surface area (Å²) in [5.74, 6) is -1.59. The maximum atomic E-state index is 13.7. The normalized spacial score (nSPS) is 14.6. The van der Waals surface area contributed by atoms with Crippen molar-refractivity contribution in [3.05, 3.63) is 95.6 Å². The number of nitrogens with zero attached hydrogens (tertiary/aromatic N) is 2. The van der Waals surface area contributed by atoms with Crippen molar-refractivity contribution in [1.29, 1.82) is 0 Å². The van der Waals surface area contributed by atoms with Crippen molar-refractivity contribution in [2.75, 3.05) is 30.0 Å². The summed E-state index contributed by atoms with van der Waals surface area (Å²) in [6.07, 6.45) is 1.38. The first-order chi connectivity index (χ1) is 20.3. The van der Waals surface area contributed by atoms with Crippen LogP contribution in [0.5, 0.6) is 0 Å². The number of amides is 2. The third-order valence-electron chi connectivity index (χ3n) is 6.72. The first-order valence-electron chi connectivity index (χ1n) is 13.8. The van der Waals surface area contributed by atoms with Gasteiger partial charge in [0.15, 0.2) is 5.11 Å². The largest absolute Gasteiger partial charge is 0.462 e. The van der Waals surface area contributed by atoms with Gasteiger partial charge in [0.1, 0.15) is 6.04 Å². The summed E-state index contributed by atoms with van der Waals surface area (Å²) in [5.41, 5.74) is 2.90. The highest BCUT2D eigenvalue weighted by molar-refractivity contribution is 7.80. The summed E-state index contributed by atoms with van der Waals surface area (Å²) < 4.78 is 10.0. The second-order valence-electron chi connectivity index (χ2n) is 9.57. The van der Waals surface area contributed by atoms with E-state index in [1.54, 1.807) is 67.3 Å². The number of hydrogen-bond donors (Lipinski definition) is 1. The Balaban J connectivity index is 1.50. The Bertz CT molecular complexity index is 1430. The van der Waals surface area contributed by atoms with Crippen molar-refractivity contribution >= 4 is 52.5 Å². The molecule has 4 rings (SSSR count). The molecule has 0 saturated carbocycles. The minimum absolute atomic E-state index is 0.124. The lowest BCUT2D eigenvalue weighted by molar-refractivity contribution is -0.124. The maximum Gasteiger partial charge on any atom is 0.338 e. The number of esters is 2. The third kappa shape index (κ3) is 7.38. The maximum absolute atomic E-state index is 13.7. The van der Waals surface area contributed by atoms with Gasteiger partial charge in [-0.1, -0.05) is 30.3 Å². The molecule has 1 aliphatic heterocycles. The Morgan fingerprint density at radius 2 is 1.40 bits per heavy atom. The Kier molecular flexibility index (Phi) is 10.4. The number of carbonyl (C=O) groups excluding carboxylic acids is 4. The summed E-state index contributed by atoms with van der Waals surface area (Å²) in [7, 11) is 0. The Morgan fingerprint density at radius 3 is 1.98 bits per heavy atom. The predicted octanol–water partition coefficient (Wildman–Crippen LogP) is 5.00. The molecule has 3 aromatic carbocycles. The number of rotatable bonds is 12. The minimum atomic E-state index is -0.809. The van der Waals surface area contributed by atoms with Gasteiger partial charge in [0, 0.05) is 12.2 Å². The fraction of sp³-hybridized carbons (Fsp3) is 0.281. The van der Waals surface area contributed by atoms with E-state index in [1.807, 2.05) is 30.3 Å². The van der Waals surface area contributed by atoms with Gasteiger partial charge in [-0.3, -0.25) is 14.5 Å². The van der Waals surface area contributed by atoms with Crippen LogP contribution in [0.25, 0.3) is 0 Å². The number of hydrogen-bond acceptors (Lipinski definition) is 7. The van der Waals surface area contributed by atoms with Crippen LogP contribution in [0, 0.1) is 0 Å². The van der Waals surface area contributed by atoms with Gasteiger partial charge < -0.3 is 19.7 Å². The molecule has 1 saturated heterocycles. The minimum Gasteiger partial charge on any atom is -0.462 e. The Hall–Kier alpha value is -4.57. The highest BCUT2D eigenvalue weighted by atomic mass is 32.1.